The SMILES string of the molecule is O=C(O)c1ncn2c1[C@@H]1CCCN1C(=O)c1cc([N+](=O)[O-])ccc1-2. The van der Waals surface area contributed by atoms with Crippen molar-refractivity contribution < 1.29 is 19.6 Å². The second-order valence-corrected chi connectivity index (χ2v) is 5.77. The molecule has 0 unspecified atom stereocenters. The van der Waals surface area contributed by atoms with Gasteiger partial charge in [-0.25, -0.2) is 9.78 Å². The van der Waals surface area contributed by atoms with Crippen LogP contribution in [0.5, 0.6) is 0 Å². The third-order valence-corrected chi connectivity index (χ3v) is 4.52. The molecule has 1 atom stereocenters. The number of rotatable bonds is 2. The summed E-state index contributed by atoms with van der Waals surface area (Å²) < 4.78 is 1.57. The van der Waals surface area contributed by atoms with Gasteiger partial charge in [-0.15, -0.1) is 0 Å². The minimum atomic E-state index is -1.16. The molecule has 1 aromatic heterocycles. The van der Waals surface area contributed by atoms with Gasteiger partial charge in [0.2, 0.25) is 0 Å². The average Bonchev–Trinajstić information content (AvgIpc) is 3.17. The predicted octanol–water partition coefficient (Wildman–Crippen LogP) is 1.77. The molecule has 1 saturated heterocycles. The van der Waals surface area contributed by atoms with E-state index in [2.05, 4.69) is 4.98 Å². The fraction of sp³-hybridized carbons (Fsp3) is 0.267. The van der Waals surface area contributed by atoms with Crippen molar-refractivity contribution in [3.05, 3.63) is 51.6 Å². The zero-order chi connectivity index (χ0) is 17.0. The van der Waals surface area contributed by atoms with Gasteiger partial charge in [-0.05, 0) is 18.9 Å². The monoisotopic (exact) mass is 328 g/mol. The van der Waals surface area contributed by atoms with Crippen LogP contribution in [0.4, 0.5) is 5.69 Å². The molecule has 2 aliphatic rings. The summed E-state index contributed by atoms with van der Waals surface area (Å²) in [5, 5.41) is 20.4. The largest absolute Gasteiger partial charge is 0.476 e. The Morgan fingerprint density at radius 3 is 2.92 bits per heavy atom. The third kappa shape index (κ3) is 1.84. The lowest BCUT2D eigenvalue weighted by Gasteiger charge is -2.22. The van der Waals surface area contributed by atoms with Gasteiger partial charge in [0, 0.05) is 18.7 Å². The molecule has 3 heterocycles. The molecule has 24 heavy (non-hydrogen) atoms. The number of nitrogens with zero attached hydrogens (tertiary/aromatic N) is 4. The predicted molar refractivity (Wildman–Crippen MR) is 80.2 cm³/mol. The topological polar surface area (TPSA) is 119 Å². The van der Waals surface area contributed by atoms with Gasteiger partial charge < -0.3 is 10.0 Å². The number of benzene rings is 1. The number of aromatic nitrogens is 2. The molecule has 122 valence electrons. The van der Waals surface area contributed by atoms with E-state index >= 15 is 0 Å². The number of carboxylic acid groups (broad SMARTS) is 1. The van der Waals surface area contributed by atoms with Gasteiger partial charge in [0.05, 0.1) is 27.9 Å². The Hall–Kier alpha value is -3.23. The number of amides is 1. The van der Waals surface area contributed by atoms with Crippen LogP contribution in [0.25, 0.3) is 5.69 Å². The fourth-order valence-corrected chi connectivity index (χ4v) is 3.50. The van der Waals surface area contributed by atoms with Crippen LogP contribution in [-0.4, -0.2) is 42.9 Å². The van der Waals surface area contributed by atoms with Crippen LogP contribution >= 0.6 is 0 Å². The molecule has 0 saturated carbocycles. The van der Waals surface area contributed by atoms with Gasteiger partial charge in [0.15, 0.2) is 5.69 Å². The maximum Gasteiger partial charge on any atom is 0.356 e. The molecule has 9 heteroatoms. The van der Waals surface area contributed by atoms with Crippen LogP contribution < -0.4 is 0 Å². The second-order valence-electron chi connectivity index (χ2n) is 5.77. The summed E-state index contributed by atoms with van der Waals surface area (Å²) in [7, 11) is 0. The standard InChI is InChI=1S/C15H12N4O5/c20-14-9-6-8(19(23)24)3-4-10(9)18-7-16-12(15(21)22)13(18)11-2-1-5-17(11)14/h3-4,6-7,11H,1-2,5H2,(H,21,22)/t11-/m0/s1. The first kappa shape index (κ1) is 14.4. The Morgan fingerprint density at radius 2 is 2.21 bits per heavy atom. The van der Waals surface area contributed by atoms with Crippen LogP contribution in [0, 0.1) is 10.1 Å². The number of carbonyl (C=O) groups excluding carboxylic acids is 1. The summed E-state index contributed by atoms with van der Waals surface area (Å²) in [6, 6.07) is 3.61. The summed E-state index contributed by atoms with van der Waals surface area (Å²) >= 11 is 0. The summed E-state index contributed by atoms with van der Waals surface area (Å²) in [5.41, 5.74) is 0.769. The highest BCUT2D eigenvalue weighted by Gasteiger charge is 2.40. The number of nitro groups is 1. The molecule has 9 nitrogen and oxygen atoms in total. The number of aromatic carboxylic acids is 1. The Bertz CT molecular complexity index is 903. The number of fused-ring (bicyclic) bond motifs is 5. The van der Waals surface area contributed by atoms with E-state index in [4.69, 9.17) is 0 Å². The molecule has 2 aromatic rings. The van der Waals surface area contributed by atoms with Crippen molar-refractivity contribution in [3.8, 4) is 5.69 Å². The van der Waals surface area contributed by atoms with Crippen molar-refractivity contribution in [3.63, 3.8) is 0 Å². The molecular formula is C15H12N4O5. The molecular weight excluding hydrogens is 316 g/mol. The third-order valence-electron chi connectivity index (χ3n) is 4.52. The van der Waals surface area contributed by atoms with Crippen LogP contribution in [0.3, 0.4) is 0 Å². The van der Waals surface area contributed by atoms with Crippen LogP contribution in [0.15, 0.2) is 24.5 Å². The minimum absolute atomic E-state index is 0.0918. The number of hydrogen-bond acceptors (Lipinski definition) is 5. The number of imidazole rings is 1. The van der Waals surface area contributed by atoms with Gasteiger partial charge in [-0.3, -0.25) is 19.5 Å². The van der Waals surface area contributed by atoms with Crippen molar-refractivity contribution in [2.24, 2.45) is 0 Å². The molecule has 1 amide bonds. The highest BCUT2D eigenvalue weighted by molar-refractivity contribution is 6.00. The van der Waals surface area contributed by atoms with Gasteiger partial charge in [0.25, 0.3) is 11.6 Å². The fourth-order valence-electron chi connectivity index (χ4n) is 3.50. The van der Waals surface area contributed by atoms with Crippen LogP contribution in [0.2, 0.25) is 0 Å². The van der Waals surface area contributed by atoms with E-state index in [9.17, 15) is 24.8 Å². The van der Waals surface area contributed by atoms with Crippen molar-refractivity contribution in [2.45, 2.75) is 18.9 Å². The quantitative estimate of drug-likeness (QED) is 0.663. The lowest BCUT2D eigenvalue weighted by molar-refractivity contribution is -0.384. The molecule has 0 aliphatic carbocycles. The van der Waals surface area contributed by atoms with Gasteiger partial charge in [-0.1, -0.05) is 0 Å². The zero-order valence-electron chi connectivity index (χ0n) is 12.4. The Morgan fingerprint density at radius 1 is 1.42 bits per heavy atom. The van der Waals surface area contributed by atoms with Crippen molar-refractivity contribution in [1.82, 2.24) is 14.5 Å². The summed E-state index contributed by atoms with van der Waals surface area (Å²) in [6.07, 6.45) is 2.73. The molecule has 0 bridgehead atoms. The van der Waals surface area contributed by atoms with Crippen molar-refractivity contribution >= 4 is 17.6 Å². The molecule has 2 aliphatic heterocycles. The molecule has 1 fully saturated rings. The minimum Gasteiger partial charge on any atom is -0.476 e. The highest BCUT2D eigenvalue weighted by Crippen LogP contribution is 2.40. The lowest BCUT2D eigenvalue weighted by atomic mass is 10.1. The lowest BCUT2D eigenvalue weighted by Crippen LogP contribution is -2.30. The van der Waals surface area contributed by atoms with E-state index in [1.807, 2.05) is 0 Å². The normalized spacial score (nSPS) is 18.6. The van der Waals surface area contributed by atoms with E-state index in [1.165, 1.54) is 24.5 Å². The summed E-state index contributed by atoms with van der Waals surface area (Å²) in [5.74, 6) is -1.48. The van der Waals surface area contributed by atoms with E-state index in [0.29, 0.717) is 24.3 Å². The van der Waals surface area contributed by atoms with Gasteiger partial charge in [0.1, 0.15) is 6.33 Å². The number of carbonyl (C=O) groups is 2. The van der Waals surface area contributed by atoms with E-state index < -0.39 is 16.9 Å². The van der Waals surface area contributed by atoms with Crippen LogP contribution in [-0.2, 0) is 0 Å². The number of carboxylic acids is 1. The smallest absolute Gasteiger partial charge is 0.356 e. The van der Waals surface area contributed by atoms with Crippen LogP contribution in [0.1, 0.15) is 45.4 Å². The Labute approximate surface area is 135 Å². The van der Waals surface area contributed by atoms with E-state index in [-0.39, 0.29) is 22.9 Å². The Balaban J connectivity index is 2.02. The number of hydrogen-bond donors (Lipinski definition) is 1. The average molecular weight is 328 g/mol. The first-order valence-electron chi connectivity index (χ1n) is 7.39. The van der Waals surface area contributed by atoms with E-state index in [0.717, 1.165) is 6.42 Å². The van der Waals surface area contributed by atoms with Gasteiger partial charge >= 0.3 is 5.97 Å². The maximum absolute atomic E-state index is 12.9. The summed E-state index contributed by atoms with van der Waals surface area (Å²) in [6.45, 7) is 0.482. The highest BCUT2D eigenvalue weighted by atomic mass is 16.6. The maximum atomic E-state index is 12.9. The first-order chi connectivity index (χ1) is 11.5. The van der Waals surface area contributed by atoms with Crippen molar-refractivity contribution in [1.29, 1.82) is 0 Å². The Kier molecular flexibility index (Phi) is 2.92. The van der Waals surface area contributed by atoms with E-state index in [1.54, 1.807) is 9.47 Å². The number of non-ortho nitro benzene ring substituents is 1. The van der Waals surface area contributed by atoms with Gasteiger partial charge in [-0.2, -0.15) is 0 Å². The van der Waals surface area contributed by atoms with Crippen molar-refractivity contribution in [2.75, 3.05) is 6.54 Å². The first-order valence-corrected chi connectivity index (χ1v) is 7.39. The molecule has 0 radical (unpaired) electrons. The molecule has 4 rings (SSSR count). The molecule has 0 spiro atoms. The zero-order valence-corrected chi connectivity index (χ0v) is 12.4. The number of nitro benzene ring substituents is 1. The summed E-state index contributed by atoms with van der Waals surface area (Å²) in [4.78, 5) is 40.4. The molecule has 1 N–H and O–H groups in total. The molecule has 1 aromatic carbocycles. The second kappa shape index (κ2) is 4.88.